The summed E-state index contributed by atoms with van der Waals surface area (Å²) in [5.74, 6) is 0.695. The van der Waals surface area contributed by atoms with Crippen molar-refractivity contribution in [3.63, 3.8) is 0 Å². The van der Waals surface area contributed by atoms with Crippen molar-refractivity contribution in [3.05, 3.63) is 76.9 Å². The molecule has 1 amide bonds. The van der Waals surface area contributed by atoms with Crippen molar-refractivity contribution in [2.75, 3.05) is 20.2 Å². The van der Waals surface area contributed by atoms with Gasteiger partial charge in [0.1, 0.15) is 5.75 Å². The number of likely N-dealkylation sites (tertiary alicyclic amines) is 1. The van der Waals surface area contributed by atoms with Gasteiger partial charge in [0.15, 0.2) is 0 Å². The van der Waals surface area contributed by atoms with Crippen LogP contribution in [-0.2, 0) is 4.79 Å². The summed E-state index contributed by atoms with van der Waals surface area (Å²) < 4.78 is 6.89. The number of ether oxygens (including phenoxy) is 1. The molecule has 2 heterocycles. The van der Waals surface area contributed by atoms with Crippen molar-refractivity contribution >= 4 is 22.9 Å². The van der Waals surface area contributed by atoms with Gasteiger partial charge in [-0.15, -0.1) is 0 Å². The Kier molecular flexibility index (Phi) is 5.42. The molecule has 6 heteroatoms. The van der Waals surface area contributed by atoms with E-state index in [4.69, 9.17) is 4.74 Å². The van der Waals surface area contributed by atoms with Gasteiger partial charge in [-0.05, 0) is 48.7 Å². The third-order valence-electron chi connectivity index (χ3n) is 5.30. The highest BCUT2D eigenvalue weighted by Gasteiger charge is 2.24. The highest BCUT2D eigenvalue weighted by molar-refractivity contribution is 5.92. The highest BCUT2D eigenvalue weighted by atomic mass is 16.5. The zero-order chi connectivity index (χ0) is 20.2. The molecule has 1 atom stereocenters. The number of para-hydroxylation sites is 1. The molecule has 6 nitrogen and oxygen atoms in total. The lowest BCUT2D eigenvalue weighted by Crippen LogP contribution is -2.42. The van der Waals surface area contributed by atoms with Crippen LogP contribution < -0.4 is 10.3 Å². The Morgan fingerprint density at radius 2 is 2.07 bits per heavy atom. The molecule has 29 heavy (non-hydrogen) atoms. The summed E-state index contributed by atoms with van der Waals surface area (Å²) in [6.45, 7) is 1.19. The Hall–Kier alpha value is -3.41. The third kappa shape index (κ3) is 4.06. The van der Waals surface area contributed by atoms with Gasteiger partial charge in [-0.25, -0.2) is 4.98 Å². The van der Waals surface area contributed by atoms with Gasteiger partial charge in [-0.2, -0.15) is 0 Å². The molecule has 1 aromatic heterocycles. The molecular formula is C23H23N3O3. The monoisotopic (exact) mass is 389 g/mol. The van der Waals surface area contributed by atoms with E-state index in [0.717, 1.165) is 24.2 Å². The number of amides is 1. The maximum absolute atomic E-state index is 12.9. The normalized spacial score (nSPS) is 17.0. The number of benzene rings is 2. The Morgan fingerprint density at radius 3 is 2.93 bits per heavy atom. The summed E-state index contributed by atoms with van der Waals surface area (Å²) >= 11 is 0. The molecule has 0 radical (unpaired) electrons. The Balaban J connectivity index is 1.51. The lowest BCUT2D eigenvalue weighted by molar-refractivity contribution is -0.127. The van der Waals surface area contributed by atoms with Crippen molar-refractivity contribution in [1.82, 2.24) is 14.5 Å². The molecule has 0 aliphatic carbocycles. The van der Waals surface area contributed by atoms with Crippen LogP contribution in [0.3, 0.4) is 0 Å². The van der Waals surface area contributed by atoms with Crippen LogP contribution in [-0.4, -0.2) is 40.6 Å². The number of rotatable bonds is 4. The fourth-order valence-electron chi connectivity index (χ4n) is 3.74. The number of aromatic nitrogens is 2. The van der Waals surface area contributed by atoms with Gasteiger partial charge in [0, 0.05) is 19.2 Å². The van der Waals surface area contributed by atoms with Crippen molar-refractivity contribution in [2.45, 2.75) is 18.9 Å². The minimum atomic E-state index is -0.0671. The average Bonchev–Trinajstić information content (AvgIpc) is 2.78. The van der Waals surface area contributed by atoms with Crippen LogP contribution >= 0.6 is 0 Å². The molecular weight excluding hydrogens is 366 g/mol. The van der Waals surface area contributed by atoms with Gasteiger partial charge in [-0.3, -0.25) is 14.2 Å². The summed E-state index contributed by atoms with van der Waals surface area (Å²) in [5.41, 5.74) is 1.54. The summed E-state index contributed by atoms with van der Waals surface area (Å²) in [4.78, 5) is 31.8. The lowest BCUT2D eigenvalue weighted by atomic mass is 10.0. The fourth-order valence-corrected chi connectivity index (χ4v) is 3.74. The first-order chi connectivity index (χ1) is 14.2. The number of piperidine rings is 1. The van der Waals surface area contributed by atoms with Crippen LogP contribution in [0.5, 0.6) is 5.75 Å². The summed E-state index contributed by atoms with van der Waals surface area (Å²) in [6.07, 6.45) is 6.68. The quantitative estimate of drug-likeness (QED) is 0.643. The van der Waals surface area contributed by atoms with Gasteiger partial charge >= 0.3 is 0 Å². The average molecular weight is 389 g/mol. The standard InChI is InChI=1S/C23H23N3O3/c1-29-19-8-4-6-17(14-19)11-12-22(27)25-13-5-7-18(15-25)26-16-24-21-10-3-2-9-20(21)23(26)28/h2-4,6,8-12,14,16,18H,5,7,13,15H2,1H3/b12-11+. The fraction of sp³-hybridized carbons (Fsp3) is 0.261. The van der Waals surface area contributed by atoms with Gasteiger partial charge in [0.25, 0.3) is 5.56 Å². The zero-order valence-corrected chi connectivity index (χ0v) is 16.3. The highest BCUT2D eigenvalue weighted by Crippen LogP contribution is 2.21. The second-order valence-corrected chi connectivity index (χ2v) is 7.16. The topological polar surface area (TPSA) is 64.4 Å². The first kappa shape index (κ1) is 18.9. The molecule has 1 fully saturated rings. The van der Waals surface area contributed by atoms with E-state index in [0.29, 0.717) is 24.0 Å². The van der Waals surface area contributed by atoms with Gasteiger partial charge in [0.05, 0.1) is 30.4 Å². The van der Waals surface area contributed by atoms with E-state index in [1.165, 1.54) is 0 Å². The molecule has 0 saturated carbocycles. The number of carbonyl (C=O) groups excluding carboxylic acids is 1. The molecule has 1 unspecified atom stereocenters. The third-order valence-corrected chi connectivity index (χ3v) is 5.30. The van der Waals surface area contributed by atoms with Crippen LogP contribution in [0.2, 0.25) is 0 Å². The van der Waals surface area contributed by atoms with Crippen molar-refractivity contribution < 1.29 is 9.53 Å². The molecule has 0 spiro atoms. The largest absolute Gasteiger partial charge is 0.497 e. The number of nitrogens with zero attached hydrogens (tertiary/aromatic N) is 3. The number of hydrogen-bond donors (Lipinski definition) is 0. The Morgan fingerprint density at radius 1 is 1.21 bits per heavy atom. The number of carbonyl (C=O) groups is 1. The van der Waals surface area contributed by atoms with E-state index >= 15 is 0 Å². The first-order valence-corrected chi connectivity index (χ1v) is 9.72. The van der Waals surface area contributed by atoms with Gasteiger partial charge < -0.3 is 9.64 Å². The van der Waals surface area contributed by atoms with Crippen LogP contribution in [0.1, 0.15) is 24.4 Å². The molecule has 0 bridgehead atoms. The maximum Gasteiger partial charge on any atom is 0.261 e. The van der Waals surface area contributed by atoms with E-state index in [2.05, 4.69) is 4.98 Å². The Labute approximate surface area is 169 Å². The van der Waals surface area contributed by atoms with E-state index in [1.54, 1.807) is 41.1 Å². The van der Waals surface area contributed by atoms with Crippen LogP contribution in [0.15, 0.2) is 65.7 Å². The van der Waals surface area contributed by atoms with E-state index < -0.39 is 0 Å². The molecule has 1 aliphatic heterocycles. The SMILES string of the molecule is COc1cccc(/C=C/C(=O)N2CCCC(n3cnc4ccccc4c3=O)C2)c1. The predicted octanol–water partition coefficient (Wildman–Crippen LogP) is 3.28. The minimum absolute atomic E-state index is 0.0539. The second-order valence-electron chi connectivity index (χ2n) is 7.16. The Bertz CT molecular complexity index is 1120. The number of methoxy groups -OCH3 is 1. The van der Waals surface area contributed by atoms with Gasteiger partial charge in [-0.1, -0.05) is 24.3 Å². The minimum Gasteiger partial charge on any atom is -0.497 e. The molecule has 148 valence electrons. The smallest absolute Gasteiger partial charge is 0.261 e. The molecule has 4 rings (SSSR count). The van der Waals surface area contributed by atoms with Crippen molar-refractivity contribution in [1.29, 1.82) is 0 Å². The number of hydrogen-bond acceptors (Lipinski definition) is 4. The number of fused-ring (bicyclic) bond motifs is 1. The van der Waals surface area contributed by atoms with Gasteiger partial charge in [0.2, 0.25) is 5.91 Å². The molecule has 0 N–H and O–H groups in total. The van der Waals surface area contributed by atoms with E-state index in [9.17, 15) is 9.59 Å². The summed E-state index contributed by atoms with van der Waals surface area (Å²) in [6, 6.07) is 14.8. The molecule has 1 aliphatic rings. The van der Waals surface area contributed by atoms with Crippen molar-refractivity contribution in [2.24, 2.45) is 0 Å². The van der Waals surface area contributed by atoms with E-state index in [-0.39, 0.29) is 17.5 Å². The zero-order valence-electron chi connectivity index (χ0n) is 16.3. The van der Waals surface area contributed by atoms with Crippen molar-refractivity contribution in [3.8, 4) is 5.75 Å². The summed E-state index contributed by atoms with van der Waals surface area (Å²) in [5, 5.41) is 0.608. The van der Waals surface area contributed by atoms with Crippen LogP contribution in [0.25, 0.3) is 17.0 Å². The lowest BCUT2D eigenvalue weighted by Gasteiger charge is -2.33. The first-order valence-electron chi connectivity index (χ1n) is 9.72. The van der Waals surface area contributed by atoms with E-state index in [1.807, 2.05) is 42.5 Å². The maximum atomic E-state index is 12.9. The molecule has 1 saturated heterocycles. The van der Waals surface area contributed by atoms with Crippen LogP contribution in [0.4, 0.5) is 0 Å². The second kappa shape index (κ2) is 8.31. The summed E-state index contributed by atoms with van der Waals surface area (Å²) in [7, 11) is 1.62. The molecule has 2 aromatic carbocycles. The predicted molar refractivity (Wildman–Crippen MR) is 113 cm³/mol. The van der Waals surface area contributed by atoms with Crippen LogP contribution in [0, 0.1) is 0 Å². The molecule has 3 aromatic rings.